The molecule has 1 heterocycles. The van der Waals surface area contributed by atoms with Crippen LogP contribution in [0.25, 0.3) is 0 Å². The zero-order valence-corrected chi connectivity index (χ0v) is 13.5. The second-order valence-electron chi connectivity index (χ2n) is 6.20. The summed E-state index contributed by atoms with van der Waals surface area (Å²) in [5, 5.41) is 2.65. The number of hydrogen-bond acceptors (Lipinski definition) is 2. The predicted octanol–water partition coefficient (Wildman–Crippen LogP) is 3.12. The van der Waals surface area contributed by atoms with Crippen molar-refractivity contribution < 1.29 is 4.79 Å². The van der Waals surface area contributed by atoms with Gasteiger partial charge in [0, 0.05) is 25.3 Å². The molecule has 0 atom stereocenters. The van der Waals surface area contributed by atoms with Crippen molar-refractivity contribution in [2.75, 3.05) is 11.4 Å². The molecular formula is C19H23N3O. The summed E-state index contributed by atoms with van der Waals surface area (Å²) in [6.45, 7) is 4.64. The summed E-state index contributed by atoms with van der Waals surface area (Å²) in [5.74, 6) is 0. The van der Waals surface area contributed by atoms with Crippen molar-refractivity contribution in [2.45, 2.75) is 32.9 Å². The number of nitrogens with one attached hydrogen (secondary N) is 1. The summed E-state index contributed by atoms with van der Waals surface area (Å²) < 4.78 is 0. The van der Waals surface area contributed by atoms with E-state index in [0.29, 0.717) is 6.54 Å². The minimum Gasteiger partial charge on any atom is -0.367 e. The zero-order chi connectivity index (χ0) is 16.2. The van der Waals surface area contributed by atoms with Crippen molar-refractivity contribution in [3.63, 3.8) is 0 Å². The summed E-state index contributed by atoms with van der Waals surface area (Å²) >= 11 is 0. The lowest BCUT2D eigenvalue weighted by Gasteiger charge is -2.32. The summed E-state index contributed by atoms with van der Waals surface area (Å²) in [4.78, 5) is 13.3. The van der Waals surface area contributed by atoms with Crippen molar-refractivity contribution in [2.24, 2.45) is 5.73 Å². The number of anilines is 1. The van der Waals surface area contributed by atoms with Gasteiger partial charge in [0.1, 0.15) is 0 Å². The van der Waals surface area contributed by atoms with Gasteiger partial charge >= 0.3 is 6.03 Å². The summed E-state index contributed by atoms with van der Waals surface area (Å²) in [6.07, 6.45) is 2.25. The van der Waals surface area contributed by atoms with Crippen LogP contribution < -0.4 is 16.0 Å². The van der Waals surface area contributed by atoms with E-state index < -0.39 is 6.03 Å². The smallest absolute Gasteiger partial charge is 0.312 e. The molecule has 120 valence electrons. The first-order valence-electron chi connectivity index (χ1n) is 8.07. The minimum atomic E-state index is -0.483. The molecule has 0 aliphatic carbocycles. The number of nitrogens with two attached hydrogens (primary N) is 1. The van der Waals surface area contributed by atoms with Gasteiger partial charge in [0.25, 0.3) is 0 Å². The van der Waals surface area contributed by atoms with Gasteiger partial charge in [-0.25, -0.2) is 4.79 Å². The molecule has 0 saturated heterocycles. The molecule has 1 aliphatic rings. The molecule has 3 rings (SSSR count). The van der Waals surface area contributed by atoms with E-state index in [9.17, 15) is 4.79 Å². The van der Waals surface area contributed by atoms with Crippen LogP contribution in [0.5, 0.6) is 0 Å². The van der Waals surface area contributed by atoms with Crippen LogP contribution in [0, 0.1) is 6.92 Å². The molecule has 2 aromatic carbocycles. The average molecular weight is 309 g/mol. The van der Waals surface area contributed by atoms with E-state index in [4.69, 9.17) is 5.73 Å². The lowest BCUT2D eigenvalue weighted by Crippen LogP contribution is -2.30. The third-order valence-corrected chi connectivity index (χ3v) is 4.28. The van der Waals surface area contributed by atoms with Crippen LogP contribution in [-0.2, 0) is 19.5 Å². The van der Waals surface area contributed by atoms with Crippen LogP contribution >= 0.6 is 0 Å². The largest absolute Gasteiger partial charge is 0.367 e. The van der Waals surface area contributed by atoms with E-state index in [1.807, 2.05) is 0 Å². The van der Waals surface area contributed by atoms with E-state index in [2.05, 4.69) is 59.6 Å². The Morgan fingerprint density at radius 1 is 1.22 bits per heavy atom. The Balaban J connectivity index is 1.78. The molecule has 2 aromatic rings. The Bertz CT molecular complexity index is 712. The van der Waals surface area contributed by atoms with E-state index in [0.717, 1.165) is 31.5 Å². The third kappa shape index (κ3) is 3.83. The lowest BCUT2D eigenvalue weighted by atomic mass is 9.98. The van der Waals surface area contributed by atoms with Gasteiger partial charge in [0.2, 0.25) is 0 Å². The first kappa shape index (κ1) is 15.4. The minimum absolute atomic E-state index is 0.483. The van der Waals surface area contributed by atoms with Gasteiger partial charge in [0.05, 0.1) is 0 Å². The van der Waals surface area contributed by atoms with Gasteiger partial charge in [-0.05, 0) is 42.5 Å². The Kier molecular flexibility index (Phi) is 4.51. The predicted molar refractivity (Wildman–Crippen MR) is 93.4 cm³/mol. The third-order valence-electron chi connectivity index (χ3n) is 4.28. The van der Waals surface area contributed by atoms with Gasteiger partial charge in [0.15, 0.2) is 0 Å². The van der Waals surface area contributed by atoms with Crippen LogP contribution in [0.15, 0.2) is 42.5 Å². The van der Waals surface area contributed by atoms with Crippen LogP contribution in [0.4, 0.5) is 10.5 Å². The monoisotopic (exact) mass is 309 g/mol. The topological polar surface area (TPSA) is 58.4 Å². The number of carbonyl (C=O) groups is 1. The van der Waals surface area contributed by atoms with Crippen molar-refractivity contribution in [1.29, 1.82) is 0 Å². The maximum Gasteiger partial charge on any atom is 0.312 e. The lowest BCUT2D eigenvalue weighted by molar-refractivity contribution is 0.248. The molecule has 3 N–H and O–H groups in total. The number of rotatable bonds is 4. The van der Waals surface area contributed by atoms with E-state index in [1.54, 1.807) is 0 Å². The Morgan fingerprint density at radius 3 is 2.87 bits per heavy atom. The molecule has 0 fully saturated rings. The molecule has 23 heavy (non-hydrogen) atoms. The zero-order valence-electron chi connectivity index (χ0n) is 13.5. The standard InChI is InChI=1S/C19H23N3O/c1-14-4-2-5-16(10-14)13-22-9-3-6-17-11-15(7-8-18(17)22)12-21-19(20)23/h2,4-5,7-8,10-11H,3,6,9,12-13H2,1H3,(H3,20,21,23). The molecule has 0 spiro atoms. The number of urea groups is 1. The second-order valence-corrected chi connectivity index (χ2v) is 6.20. The van der Waals surface area contributed by atoms with Gasteiger partial charge in [-0.3, -0.25) is 0 Å². The molecule has 0 saturated carbocycles. The van der Waals surface area contributed by atoms with Crippen molar-refractivity contribution >= 4 is 11.7 Å². The summed E-state index contributed by atoms with van der Waals surface area (Å²) in [5.41, 5.74) is 11.5. The number of fused-ring (bicyclic) bond motifs is 1. The quantitative estimate of drug-likeness (QED) is 0.911. The van der Waals surface area contributed by atoms with E-state index in [-0.39, 0.29) is 0 Å². The van der Waals surface area contributed by atoms with Crippen molar-refractivity contribution in [1.82, 2.24) is 5.32 Å². The summed E-state index contributed by atoms with van der Waals surface area (Å²) in [6, 6.07) is 14.6. The number of aryl methyl sites for hydroxylation is 2. The molecule has 4 nitrogen and oxygen atoms in total. The SMILES string of the molecule is Cc1cccc(CN2CCCc3cc(CNC(N)=O)ccc32)c1. The molecule has 0 radical (unpaired) electrons. The second kappa shape index (κ2) is 6.73. The van der Waals surface area contributed by atoms with Crippen LogP contribution in [0.3, 0.4) is 0 Å². The fourth-order valence-electron chi connectivity index (χ4n) is 3.22. The number of hydrogen-bond donors (Lipinski definition) is 2. The fraction of sp³-hybridized carbons (Fsp3) is 0.316. The molecule has 0 bridgehead atoms. The molecule has 0 aromatic heterocycles. The first-order chi connectivity index (χ1) is 11.1. The maximum absolute atomic E-state index is 10.8. The van der Waals surface area contributed by atoms with Crippen molar-refractivity contribution in [3.05, 3.63) is 64.7 Å². The first-order valence-corrected chi connectivity index (χ1v) is 8.07. The van der Waals surface area contributed by atoms with Crippen LogP contribution in [0.1, 0.15) is 28.7 Å². The molecular weight excluding hydrogens is 286 g/mol. The summed E-state index contributed by atoms with van der Waals surface area (Å²) in [7, 11) is 0. The van der Waals surface area contributed by atoms with Gasteiger partial charge in [-0.15, -0.1) is 0 Å². The number of nitrogens with zero attached hydrogens (tertiary/aromatic N) is 1. The highest BCUT2D eigenvalue weighted by atomic mass is 16.2. The molecule has 2 amide bonds. The number of primary amides is 1. The Morgan fingerprint density at radius 2 is 2.09 bits per heavy atom. The van der Waals surface area contributed by atoms with E-state index in [1.165, 1.54) is 22.4 Å². The van der Waals surface area contributed by atoms with Crippen LogP contribution in [0.2, 0.25) is 0 Å². The van der Waals surface area contributed by atoms with Gasteiger partial charge < -0.3 is 16.0 Å². The highest BCUT2D eigenvalue weighted by Crippen LogP contribution is 2.29. The number of carbonyl (C=O) groups excluding carboxylic acids is 1. The van der Waals surface area contributed by atoms with E-state index >= 15 is 0 Å². The highest BCUT2D eigenvalue weighted by Gasteiger charge is 2.17. The highest BCUT2D eigenvalue weighted by molar-refractivity contribution is 5.71. The normalized spacial score (nSPS) is 13.5. The Labute approximate surface area is 137 Å². The molecule has 1 aliphatic heterocycles. The van der Waals surface area contributed by atoms with Crippen molar-refractivity contribution in [3.8, 4) is 0 Å². The molecule has 4 heteroatoms. The maximum atomic E-state index is 10.8. The van der Waals surface area contributed by atoms with Gasteiger partial charge in [-0.2, -0.15) is 0 Å². The molecule has 0 unspecified atom stereocenters. The fourth-order valence-corrected chi connectivity index (χ4v) is 3.22. The van der Waals surface area contributed by atoms with Gasteiger partial charge in [-0.1, -0.05) is 42.0 Å². The Hall–Kier alpha value is -2.49. The van der Waals surface area contributed by atoms with Crippen LogP contribution in [-0.4, -0.2) is 12.6 Å². The average Bonchev–Trinajstić information content (AvgIpc) is 2.53. The number of benzene rings is 2. The number of amides is 2.